The lowest BCUT2D eigenvalue weighted by Crippen LogP contribution is -2.41. The largest absolute Gasteiger partial charge is 0.457 e. The van der Waals surface area contributed by atoms with E-state index in [-0.39, 0.29) is 24.4 Å². The normalized spacial score (nSPS) is 12.6. The van der Waals surface area contributed by atoms with Gasteiger partial charge in [-0.2, -0.15) is 11.8 Å². The minimum absolute atomic E-state index is 0. The topological polar surface area (TPSA) is 64.4 Å². The van der Waals surface area contributed by atoms with Crippen molar-refractivity contribution in [2.24, 2.45) is 5.73 Å². The molecule has 25 heavy (non-hydrogen) atoms. The van der Waals surface area contributed by atoms with Gasteiger partial charge in [0.05, 0.1) is 12.1 Å². The van der Waals surface area contributed by atoms with E-state index in [0.717, 1.165) is 22.8 Å². The third-order valence-corrected chi connectivity index (χ3v) is 4.33. The Morgan fingerprint density at radius 3 is 2.32 bits per heavy atom. The molecule has 6 heteroatoms. The summed E-state index contributed by atoms with van der Waals surface area (Å²) < 4.78 is 5.77. The lowest BCUT2D eigenvalue weighted by atomic mass is 10.1. The number of nitrogens with two attached hydrogens (primary N) is 1. The van der Waals surface area contributed by atoms with Crippen molar-refractivity contribution in [2.45, 2.75) is 25.4 Å². The number of halogens is 1. The molecule has 0 saturated heterocycles. The lowest BCUT2D eigenvalue weighted by Gasteiger charge is -2.18. The van der Waals surface area contributed by atoms with Crippen molar-refractivity contribution >= 4 is 30.1 Å². The third kappa shape index (κ3) is 6.98. The number of para-hydroxylation sites is 1. The molecular formula is C19H25ClN2O2S. The molecule has 2 aromatic carbocycles. The summed E-state index contributed by atoms with van der Waals surface area (Å²) in [4.78, 5) is 12.1. The van der Waals surface area contributed by atoms with Crippen LogP contribution < -0.4 is 15.8 Å². The molecule has 0 fully saturated rings. The average Bonchev–Trinajstić information content (AvgIpc) is 2.61. The fraction of sp³-hybridized carbons (Fsp3) is 0.316. The molecule has 0 saturated carbocycles. The van der Waals surface area contributed by atoms with Crippen molar-refractivity contribution in [3.8, 4) is 11.5 Å². The Labute approximate surface area is 159 Å². The molecule has 1 unspecified atom stereocenters. The number of rotatable bonds is 8. The Kier molecular flexibility index (Phi) is 9.42. The first-order chi connectivity index (χ1) is 11.6. The van der Waals surface area contributed by atoms with Crippen LogP contribution in [0.4, 0.5) is 0 Å². The zero-order valence-corrected chi connectivity index (χ0v) is 16.1. The Bertz CT molecular complexity index is 638. The predicted octanol–water partition coefficient (Wildman–Crippen LogP) is 4.16. The minimum Gasteiger partial charge on any atom is -0.457 e. The zero-order valence-electron chi connectivity index (χ0n) is 14.5. The SMILES string of the molecule is CSCC[C@H](N)C(=O)NC(C)c1ccc(Oc2ccccc2)cc1.Cl. The highest BCUT2D eigenvalue weighted by Crippen LogP contribution is 2.23. The van der Waals surface area contributed by atoms with Gasteiger partial charge < -0.3 is 15.8 Å². The first kappa shape index (κ1) is 21.4. The van der Waals surface area contributed by atoms with Crippen molar-refractivity contribution < 1.29 is 9.53 Å². The highest BCUT2D eigenvalue weighted by atomic mass is 35.5. The summed E-state index contributed by atoms with van der Waals surface area (Å²) in [7, 11) is 0. The second kappa shape index (κ2) is 11.0. The zero-order chi connectivity index (χ0) is 17.4. The summed E-state index contributed by atoms with van der Waals surface area (Å²) in [5, 5.41) is 2.96. The molecule has 4 nitrogen and oxygen atoms in total. The number of benzene rings is 2. The summed E-state index contributed by atoms with van der Waals surface area (Å²) >= 11 is 1.69. The van der Waals surface area contributed by atoms with Gasteiger partial charge in [0.25, 0.3) is 0 Å². The van der Waals surface area contributed by atoms with Gasteiger partial charge in [-0.15, -0.1) is 12.4 Å². The molecule has 0 aliphatic rings. The van der Waals surface area contributed by atoms with Gasteiger partial charge in [0.1, 0.15) is 11.5 Å². The molecule has 1 amide bonds. The molecule has 2 atom stereocenters. The minimum atomic E-state index is -0.458. The van der Waals surface area contributed by atoms with Crippen molar-refractivity contribution in [2.75, 3.05) is 12.0 Å². The van der Waals surface area contributed by atoms with Crippen LogP contribution in [0.3, 0.4) is 0 Å². The number of ether oxygens (including phenoxy) is 1. The summed E-state index contributed by atoms with van der Waals surface area (Å²) in [5.41, 5.74) is 6.91. The monoisotopic (exact) mass is 380 g/mol. The van der Waals surface area contributed by atoms with Crippen LogP contribution in [0.5, 0.6) is 11.5 Å². The summed E-state index contributed by atoms with van der Waals surface area (Å²) in [6, 6.07) is 16.8. The number of amides is 1. The highest BCUT2D eigenvalue weighted by Gasteiger charge is 2.16. The maximum Gasteiger partial charge on any atom is 0.237 e. The quantitative estimate of drug-likeness (QED) is 0.721. The van der Waals surface area contributed by atoms with Gasteiger partial charge in [-0.1, -0.05) is 30.3 Å². The second-order valence-electron chi connectivity index (χ2n) is 5.60. The van der Waals surface area contributed by atoms with Crippen molar-refractivity contribution in [3.63, 3.8) is 0 Å². The average molecular weight is 381 g/mol. The van der Waals surface area contributed by atoms with Crippen LogP contribution in [0.2, 0.25) is 0 Å². The van der Waals surface area contributed by atoms with E-state index in [1.807, 2.05) is 67.8 Å². The summed E-state index contributed by atoms with van der Waals surface area (Å²) in [6.45, 7) is 1.95. The van der Waals surface area contributed by atoms with E-state index in [0.29, 0.717) is 6.42 Å². The van der Waals surface area contributed by atoms with E-state index >= 15 is 0 Å². The molecule has 0 aliphatic carbocycles. The van der Waals surface area contributed by atoms with Crippen LogP contribution in [-0.2, 0) is 4.79 Å². The maximum absolute atomic E-state index is 12.1. The van der Waals surface area contributed by atoms with Crippen molar-refractivity contribution in [3.05, 3.63) is 60.2 Å². The predicted molar refractivity (Wildman–Crippen MR) is 108 cm³/mol. The number of carbonyl (C=O) groups excluding carboxylic acids is 1. The molecule has 0 bridgehead atoms. The van der Waals surface area contributed by atoms with E-state index in [9.17, 15) is 4.79 Å². The highest BCUT2D eigenvalue weighted by molar-refractivity contribution is 7.98. The molecule has 0 radical (unpaired) electrons. The van der Waals surface area contributed by atoms with E-state index in [1.165, 1.54) is 0 Å². The lowest BCUT2D eigenvalue weighted by molar-refractivity contribution is -0.123. The Morgan fingerprint density at radius 2 is 1.72 bits per heavy atom. The van der Waals surface area contributed by atoms with Crippen LogP contribution in [0.1, 0.15) is 24.9 Å². The van der Waals surface area contributed by atoms with Gasteiger partial charge >= 0.3 is 0 Å². The molecule has 2 aromatic rings. The molecule has 2 rings (SSSR count). The van der Waals surface area contributed by atoms with Gasteiger partial charge in [0.2, 0.25) is 5.91 Å². The van der Waals surface area contributed by atoms with Gasteiger partial charge in [-0.3, -0.25) is 4.79 Å². The smallest absolute Gasteiger partial charge is 0.237 e. The van der Waals surface area contributed by atoms with Crippen molar-refractivity contribution in [1.82, 2.24) is 5.32 Å². The molecule has 0 aromatic heterocycles. The molecule has 3 N–H and O–H groups in total. The van der Waals surface area contributed by atoms with E-state index in [2.05, 4.69) is 5.32 Å². The Morgan fingerprint density at radius 1 is 1.12 bits per heavy atom. The van der Waals surface area contributed by atoms with Gasteiger partial charge in [-0.05, 0) is 55.2 Å². The first-order valence-electron chi connectivity index (χ1n) is 7.98. The van der Waals surface area contributed by atoms with E-state index in [4.69, 9.17) is 10.5 Å². The number of nitrogens with one attached hydrogen (secondary N) is 1. The molecule has 0 heterocycles. The summed E-state index contributed by atoms with van der Waals surface area (Å²) in [6.07, 6.45) is 2.69. The summed E-state index contributed by atoms with van der Waals surface area (Å²) in [5.74, 6) is 2.33. The number of carbonyl (C=O) groups is 1. The number of hydrogen-bond acceptors (Lipinski definition) is 4. The maximum atomic E-state index is 12.1. The van der Waals surface area contributed by atoms with Gasteiger partial charge in [0.15, 0.2) is 0 Å². The molecule has 136 valence electrons. The fourth-order valence-electron chi connectivity index (χ4n) is 2.23. The Hall–Kier alpha value is -1.69. The molecule has 0 spiro atoms. The molecular weight excluding hydrogens is 356 g/mol. The van der Waals surface area contributed by atoms with Crippen LogP contribution in [-0.4, -0.2) is 24.0 Å². The first-order valence-corrected chi connectivity index (χ1v) is 9.37. The fourth-order valence-corrected chi connectivity index (χ4v) is 2.72. The number of thioether (sulfide) groups is 1. The van der Waals surface area contributed by atoms with Crippen LogP contribution in [0.25, 0.3) is 0 Å². The Balaban J connectivity index is 0.00000312. The van der Waals surface area contributed by atoms with Crippen molar-refractivity contribution in [1.29, 1.82) is 0 Å². The molecule has 0 aliphatic heterocycles. The van der Waals surface area contributed by atoms with Gasteiger partial charge in [0, 0.05) is 0 Å². The van der Waals surface area contributed by atoms with Crippen LogP contribution in [0.15, 0.2) is 54.6 Å². The van der Waals surface area contributed by atoms with Crippen LogP contribution >= 0.6 is 24.2 Å². The van der Waals surface area contributed by atoms with E-state index in [1.54, 1.807) is 11.8 Å². The number of hydrogen-bond donors (Lipinski definition) is 2. The van der Waals surface area contributed by atoms with Gasteiger partial charge in [-0.25, -0.2) is 0 Å². The van der Waals surface area contributed by atoms with Crippen LogP contribution in [0, 0.1) is 0 Å². The standard InChI is InChI=1S/C19H24N2O2S.ClH/c1-14(21-19(22)18(20)12-13-24-2)15-8-10-17(11-9-15)23-16-6-4-3-5-7-16;/h3-11,14,18H,12-13,20H2,1-2H3,(H,21,22);1H/t14?,18-;/m0./s1. The third-order valence-electron chi connectivity index (χ3n) is 3.69. The van der Waals surface area contributed by atoms with E-state index < -0.39 is 6.04 Å². The second-order valence-corrected chi connectivity index (χ2v) is 6.59.